The van der Waals surface area contributed by atoms with E-state index in [4.69, 9.17) is 9.47 Å². The molecule has 0 aromatic rings. The minimum atomic E-state index is -0.457. The van der Waals surface area contributed by atoms with Crippen LogP contribution in [0.5, 0.6) is 0 Å². The van der Waals surface area contributed by atoms with Crippen LogP contribution in [0.3, 0.4) is 0 Å². The lowest BCUT2D eigenvalue weighted by Crippen LogP contribution is -2.57. The van der Waals surface area contributed by atoms with Crippen molar-refractivity contribution in [2.45, 2.75) is 70.6 Å². The highest BCUT2D eigenvalue weighted by Gasteiger charge is 2.39. The van der Waals surface area contributed by atoms with Gasteiger partial charge in [0.1, 0.15) is 5.60 Å². The van der Waals surface area contributed by atoms with Crippen LogP contribution in [-0.4, -0.2) is 41.9 Å². The quantitative estimate of drug-likeness (QED) is 0.568. The van der Waals surface area contributed by atoms with Crippen molar-refractivity contribution in [3.63, 3.8) is 0 Å². The van der Waals surface area contributed by atoms with Crippen LogP contribution < -0.4 is 0 Å². The molecule has 0 aromatic carbocycles. The van der Waals surface area contributed by atoms with E-state index in [0.717, 1.165) is 19.3 Å². The molecule has 2 rings (SSSR count). The van der Waals surface area contributed by atoms with Crippen LogP contribution >= 0.6 is 0 Å². The Morgan fingerprint density at radius 1 is 1.45 bits per heavy atom. The topological polar surface area (TPSA) is 38.8 Å². The van der Waals surface area contributed by atoms with E-state index in [0.29, 0.717) is 13.2 Å². The third-order valence-corrected chi connectivity index (χ3v) is 4.04. The number of ether oxygens (including phenoxy) is 2. The van der Waals surface area contributed by atoms with Gasteiger partial charge in [-0.3, -0.25) is 4.90 Å². The number of allylic oxidation sites excluding steroid dienone is 1. The van der Waals surface area contributed by atoms with Gasteiger partial charge in [0.25, 0.3) is 0 Å². The molecule has 2 aliphatic rings. The van der Waals surface area contributed by atoms with Gasteiger partial charge in [0, 0.05) is 0 Å². The lowest BCUT2D eigenvalue weighted by Gasteiger charge is -2.44. The van der Waals surface area contributed by atoms with Crippen molar-refractivity contribution in [2.24, 2.45) is 0 Å². The Morgan fingerprint density at radius 3 is 2.86 bits per heavy atom. The number of carbonyl (C=O) groups is 1. The van der Waals surface area contributed by atoms with E-state index in [2.05, 4.69) is 12.7 Å². The van der Waals surface area contributed by atoms with E-state index in [1.807, 2.05) is 31.7 Å². The molecule has 2 bridgehead atoms. The minimum absolute atomic E-state index is 0.0248. The molecule has 2 heterocycles. The summed E-state index contributed by atoms with van der Waals surface area (Å²) in [5.41, 5.74) is 1.00. The van der Waals surface area contributed by atoms with E-state index in [-0.39, 0.29) is 18.2 Å². The third kappa shape index (κ3) is 4.60. The first-order chi connectivity index (χ1) is 10.4. The molecule has 4 nitrogen and oxygen atoms in total. The van der Waals surface area contributed by atoms with Crippen LogP contribution in [-0.2, 0) is 9.47 Å². The number of hydrogen-bond donors (Lipinski definition) is 0. The molecule has 2 aliphatic heterocycles. The second-order valence-corrected chi connectivity index (χ2v) is 7.21. The first-order valence-electron chi connectivity index (χ1n) is 8.30. The molecule has 0 aromatic heterocycles. The van der Waals surface area contributed by atoms with Crippen LogP contribution in [0, 0.1) is 0 Å². The van der Waals surface area contributed by atoms with Crippen LogP contribution in [0.2, 0.25) is 0 Å². The molecule has 0 aliphatic carbocycles. The van der Waals surface area contributed by atoms with Gasteiger partial charge in [-0.15, -0.1) is 6.58 Å². The normalized spacial score (nSPS) is 24.7. The van der Waals surface area contributed by atoms with Crippen molar-refractivity contribution in [3.05, 3.63) is 24.3 Å². The van der Waals surface area contributed by atoms with Crippen molar-refractivity contribution in [3.8, 4) is 0 Å². The van der Waals surface area contributed by atoms with E-state index < -0.39 is 5.60 Å². The Kier molecular flexibility index (Phi) is 5.68. The molecule has 4 heteroatoms. The Bertz CT molecular complexity index is 436. The lowest BCUT2D eigenvalue weighted by atomic mass is 9.91. The second kappa shape index (κ2) is 7.32. The van der Waals surface area contributed by atoms with E-state index in [9.17, 15) is 4.79 Å². The Balaban J connectivity index is 1.99. The second-order valence-electron chi connectivity index (χ2n) is 7.21. The van der Waals surface area contributed by atoms with Crippen LogP contribution in [0.4, 0.5) is 4.79 Å². The third-order valence-electron chi connectivity index (χ3n) is 4.04. The summed E-state index contributed by atoms with van der Waals surface area (Å²) in [5.74, 6) is 0. The summed E-state index contributed by atoms with van der Waals surface area (Å²) >= 11 is 0. The number of nitrogens with zero attached hydrogens (tertiary/aromatic N) is 1. The Labute approximate surface area is 134 Å². The van der Waals surface area contributed by atoms with Gasteiger partial charge in [0.05, 0.1) is 25.3 Å². The maximum Gasteiger partial charge on any atom is 0.411 e. The highest BCUT2D eigenvalue weighted by Crippen LogP contribution is 2.31. The summed E-state index contributed by atoms with van der Waals surface area (Å²) in [5, 5.41) is 0. The van der Waals surface area contributed by atoms with Gasteiger partial charge in [-0.05, 0) is 52.9 Å². The number of carbonyl (C=O) groups excluding carboxylic acids is 1. The zero-order valence-corrected chi connectivity index (χ0v) is 14.1. The first kappa shape index (κ1) is 17.1. The average molecular weight is 307 g/mol. The SMILES string of the molecule is C=CCCCCC1=CC2COCC(C1)N2C(=O)OC(C)(C)C. The molecule has 1 amide bonds. The van der Waals surface area contributed by atoms with Crippen molar-refractivity contribution < 1.29 is 14.3 Å². The minimum Gasteiger partial charge on any atom is -0.444 e. The molecular formula is C18H29NO3. The highest BCUT2D eigenvalue weighted by molar-refractivity contribution is 5.70. The zero-order chi connectivity index (χ0) is 16.2. The molecule has 0 saturated carbocycles. The lowest BCUT2D eigenvalue weighted by molar-refractivity contribution is -0.0538. The van der Waals surface area contributed by atoms with E-state index in [1.165, 1.54) is 18.4 Å². The molecule has 1 saturated heterocycles. The fourth-order valence-electron chi connectivity index (χ4n) is 3.11. The predicted molar refractivity (Wildman–Crippen MR) is 87.8 cm³/mol. The molecule has 0 radical (unpaired) electrons. The number of fused-ring (bicyclic) bond motifs is 2. The molecule has 0 spiro atoms. The monoisotopic (exact) mass is 307 g/mol. The highest BCUT2D eigenvalue weighted by atomic mass is 16.6. The number of rotatable bonds is 5. The fourth-order valence-corrected chi connectivity index (χ4v) is 3.11. The molecule has 124 valence electrons. The Morgan fingerprint density at radius 2 is 2.23 bits per heavy atom. The van der Waals surface area contributed by atoms with Gasteiger partial charge in [-0.1, -0.05) is 17.7 Å². The summed E-state index contributed by atoms with van der Waals surface area (Å²) in [4.78, 5) is 14.3. The maximum atomic E-state index is 12.4. The molecule has 2 unspecified atom stereocenters. The van der Waals surface area contributed by atoms with Crippen LogP contribution in [0.1, 0.15) is 52.9 Å². The van der Waals surface area contributed by atoms with Gasteiger partial charge in [0.15, 0.2) is 0 Å². The largest absolute Gasteiger partial charge is 0.444 e. The number of hydrogen-bond acceptors (Lipinski definition) is 3. The summed E-state index contributed by atoms with van der Waals surface area (Å²) in [6.07, 6.45) is 9.44. The standard InChI is InChI=1S/C18H29NO3/c1-5-6-7-8-9-14-10-15-12-21-13-16(11-14)19(15)17(20)22-18(2,3)4/h5,10,15-16H,1,6-9,11-13H2,2-4H3. The van der Waals surface area contributed by atoms with Crippen LogP contribution in [0.15, 0.2) is 24.3 Å². The molecule has 2 atom stereocenters. The smallest absolute Gasteiger partial charge is 0.411 e. The number of amides is 1. The van der Waals surface area contributed by atoms with Crippen LogP contribution in [0.25, 0.3) is 0 Å². The molecular weight excluding hydrogens is 278 g/mol. The van der Waals surface area contributed by atoms with E-state index >= 15 is 0 Å². The van der Waals surface area contributed by atoms with Crippen molar-refractivity contribution in [1.29, 1.82) is 0 Å². The maximum absolute atomic E-state index is 12.4. The Hall–Kier alpha value is -1.29. The zero-order valence-electron chi connectivity index (χ0n) is 14.1. The molecule has 1 fully saturated rings. The predicted octanol–water partition coefficient (Wildman–Crippen LogP) is 4.07. The van der Waals surface area contributed by atoms with Crippen molar-refractivity contribution in [2.75, 3.05) is 13.2 Å². The number of unbranched alkanes of at least 4 members (excludes halogenated alkanes) is 2. The molecule has 0 N–H and O–H groups in total. The van der Waals surface area contributed by atoms with E-state index in [1.54, 1.807) is 0 Å². The van der Waals surface area contributed by atoms with Gasteiger partial charge >= 0.3 is 6.09 Å². The van der Waals surface area contributed by atoms with Gasteiger partial charge in [-0.25, -0.2) is 4.79 Å². The van der Waals surface area contributed by atoms with Crippen molar-refractivity contribution in [1.82, 2.24) is 4.90 Å². The molecule has 22 heavy (non-hydrogen) atoms. The van der Waals surface area contributed by atoms with Gasteiger partial charge < -0.3 is 9.47 Å². The van der Waals surface area contributed by atoms with Gasteiger partial charge in [-0.2, -0.15) is 0 Å². The first-order valence-corrected chi connectivity index (χ1v) is 8.30. The summed E-state index contributed by atoms with van der Waals surface area (Å²) in [6, 6.07) is 0.143. The van der Waals surface area contributed by atoms with Crippen molar-refractivity contribution >= 4 is 6.09 Å². The number of morpholine rings is 1. The average Bonchev–Trinajstić information content (AvgIpc) is 2.40. The summed E-state index contributed by atoms with van der Waals surface area (Å²) < 4.78 is 11.2. The summed E-state index contributed by atoms with van der Waals surface area (Å²) in [7, 11) is 0. The fraction of sp³-hybridized carbons (Fsp3) is 0.722. The summed E-state index contributed by atoms with van der Waals surface area (Å²) in [6.45, 7) is 10.7. The van der Waals surface area contributed by atoms with Gasteiger partial charge in [0.2, 0.25) is 0 Å².